The molecule has 1 N–H and O–H groups in total. The minimum Gasteiger partial charge on any atom is -0.341 e. The van der Waals surface area contributed by atoms with Gasteiger partial charge in [0.15, 0.2) is 0 Å². The first kappa shape index (κ1) is 22.2. The van der Waals surface area contributed by atoms with Crippen molar-refractivity contribution in [2.45, 2.75) is 24.2 Å². The Balaban J connectivity index is 1.52. The van der Waals surface area contributed by atoms with Gasteiger partial charge in [0.25, 0.3) is 0 Å². The molecule has 3 aromatic carbocycles. The van der Waals surface area contributed by atoms with Crippen molar-refractivity contribution >= 4 is 44.5 Å². The summed E-state index contributed by atoms with van der Waals surface area (Å²) in [5, 5.41) is 1.34. The molecule has 1 atom stereocenters. The lowest BCUT2D eigenvalue weighted by molar-refractivity contribution is 0.659. The second-order valence-electron chi connectivity index (χ2n) is 7.46. The number of fused-ring (bicyclic) bond motifs is 2. The number of halogens is 2. The molecular weight excluding hydrogens is 449 g/mol. The van der Waals surface area contributed by atoms with E-state index in [2.05, 4.69) is 44.3 Å². The zero-order valence-electron chi connectivity index (χ0n) is 17.4. The number of nitrogens with one attached hydrogen (secondary N) is 1. The summed E-state index contributed by atoms with van der Waals surface area (Å²) in [6.45, 7) is 1.34. The molecule has 0 spiro atoms. The summed E-state index contributed by atoms with van der Waals surface area (Å²) in [6.07, 6.45) is 2.77. The van der Waals surface area contributed by atoms with Gasteiger partial charge in [0.05, 0.1) is 4.90 Å². The smallest absolute Gasteiger partial charge is 0.137 e. The summed E-state index contributed by atoms with van der Waals surface area (Å²) >= 11 is 12.3. The van der Waals surface area contributed by atoms with Crippen LogP contribution in [0.2, 0.25) is 10.0 Å². The van der Waals surface area contributed by atoms with Crippen LogP contribution in [0.4, 0.5) is 11.4 Å². The van der Waals surface area contributed by atoms with E-state index in [1.165, 1.54) is 16.8 Å². The quantitative estimate of drug-likeness (QED) is 0.428. The number of benzene rings is 3. The second kappa shape index (κ2) is 9.61. The molecule has 1 aliphatic rings. The molecule has 0 aromatic heterocycles. The van der Waals surface area contributed by atoms with Crippen LogP contribution in [0.1, 0.15) is 17.5 Å². The van der Waals surface area contributed by atoms with Gasteiger partial charge in [-0.1, -0.05) is 47.5 Å². The highest BCUT2D eigenvalue weighted by molar-refractivity contribution is 7.91. The highest BCUT2D eigenvalue weighted by atomic mass is 35.5. The molecule has 1 unspecified atom stereocenters. The summed E-state index contributed by atoms with van der Waals surface area (Å²) in [4.78, 5) is 2.97. The molecule has 7 heteroatoms. The molecule has 1 heterocycles. The third-order valence-corrected chi connectivity index (χ3v) is 8.04. The van der Waals surface area contributed by atoms with E-state index >= 15 is 0 Å². The van der Waals surface area contributed by atoms with Crippen LogP contribution < -0.4 is 9.62 Å². The second-order valence-corrected chi connectivity index (χ2v) is 10.5. The summed E-state index contributed by atoms with van der Waals surface area (Å²) < 4.78 is 20.6. The van der Waals surface area contributed by atoms with Crippen LogP contribution in [0.15, 0.2) is 76.0 Å². The minimum absolute atomic E-state index is 0.563. The summed E-state index contributed by atoms with van der Waals surface area (Å²) in [7, 11) is -1.11. The number of hydrogen-bond donors (Lipinski definition) is 1. The molecule has 0 amide bonds. The molecule has 162 valence electrons. The maximum atomic E-state index is 13.3. The highest BCUT2D eigenvalue weighted by Gasteiger charge is 2.20. The van der Waals surface area contributed by atoms with Gasteiger partial charge in [0, 0.05) is 41.6 Å². The first-order chi connectivity index (χ1) is 15.0. The van der Waals surface area contributed by atoms with Gasteiger partial charge >= 0.3 is 0 Å². The molecule has 0 saturated carbocycles. The predicted molar refractivity (Wildman–Crippen MR) is 131 cm³/mol. The van der Waals surface area contributed by atoms with Crippen LogP contribution in [-0.2, 0) is 22.8 Å². The number of hydrogen-bond acceptors (Lipinski definition) is 3. The predicted octanol–water partition coefficient (Wildman–Crippen LogP) is 6.28. The van der Waals surface area contributed by atoms with Crippen LogP contribution in [0.5, 0.6) is 0 Å². The number of nitrogens with zero attached hydrogens (tertiary/aromatic N) is 2. The topological polar surface area (TPSA) is 44.7 Å². The van der Waals surface area contributed by atoms with Gasteiger partial charge in [0.1, 0.15) is 9.92 Å². The molecular formula is C24H25Cl2N3OS. The SMILES string of the molecule is CN=S(=O)(NCCCN1c2ccccc2CCc2ccc(Cl)cc21)c1ccc(Cl)cc1. The fraction of sp³-hybridized carbons (Fsp3) is 0.250. The largest absolute Gasteiger partial charge is 0.341 e. The molecule has 4 nitrogen and oxygen atoms in total. The van der Waals surface area contributed by atoms with E-state index in [0.717, 1.165) is 36.5 Å². The van der Waals surface area contributed by atoms with Gasteiger partial charge in [-0.15, -0.1) is 0 Å². The average Bonchev–Trinajstić information content (AvgIpc) is 2.93. The molecule has 0 bridgehead atoms. The number of anilines is 2. The Morgan fingerprint density at radius 2 is 1.61 bits per heavy atom. The van der Waals surface area contributed by atoms with E-state index < -0.39 is 9.92 Å². The summed E-state index contributed by atoms with van der Waals surface area (Å²) in [5.74, 6) is 0. The first-order valence-corrected chi connectivity index (χ1v) is 12.6. The number of rotatable bonds is 6. The molecule has 0 aliphatic carbocycles. The van der Waals surface area contributed by atoms with Gasteiger partial charge < -0.3 is 4.90 Å². The van der Waals surface area contributed by atoms with Crippen LogP contribution in [0.3, 0.4) is 0 Å². The Bertz CT molecular complexity index is 1190. The molecule has 0 radical (unpaired) electrons. The standard InChI is InChI=1S/C24H25Cl2N3OS/c1-27-31(30,22-13-11-20(25)12-14-22)28-15-4-16-29-23-6-3-2-5-18(23)7-8-19-9-10-21(26)17-24(19)29/h2-3,5-6,9-14,17H,4,7-8,15-16H2,1H3,(H,27,28,30). The Hall–Kier alpha value is -2.05. The lowest BCUT2D eigenvalue weighted by Crippen LogP contribution is -2.28. The van der Waals surface area contributed by atoms with Crippen molar-refractivity contribution in [1.29, 1.82) is 0 Å². The zero-order chi connectivity index (χ0) is 21.8. The summed E-state index contributed by atoms with van der Waals surface area (Å²) in [6, 6.07) is 21.6. The van der Waals surface area contributed by atoms with Crippen LogP contribution in [0.25, 0.3) is 0 Å². The molecule has 0 saturated heterocycles. The third-order valence-electron chi connectivity index (χ3n) is 5.53. The Morgan fingerprint density at radius 3 is 2.35 bits per heavy atom. The van der Waals surface area contributed by atoms with Gasteiger partial charge in [-0.2, -0.15) is 0 Å². The van der Waals surface area contributed by atoms with Crippen molar-refractivity contribution in [2.75, 3.05) is 25.0 Å². The van der Waals surface area contributed by atoms with Crippen molar-refractivity contribution in [2.24, 2.45) is 4.36 Å². The van der Waals surface area contributed by atoms with E-state index in [9.17, 15) is 4.21 Å². The van der Waals surface area contributed by atoms with Crippen molar-refractivity contribution in [1.82, 2.24) is 4.72 Å². The van der Waals surface area contributed by atoms with E-state index in [-0.39, 0.29) is 0 Å². The Morgan fingerprint density at radius 1 is 0.935 bits per heavy atom. The van der Waals surface area contributed by atoms with E-state index in [4.69, 9.17) is 23.2 Å². The lowest BCUT2D eigenvalue weighted by Gasteiger charge is -2.27. The Labute approximate surface area is 194 Å². The van der Waals surface area contributed by atoms with Gasteiger partial charge in [0.2, 0.25) is 0 Å². The van der Waals surface area contributed by atoms with Crippen LogP contribution in [0, 0.1) is 0 Å². The lowest BCUT2D eigenvalue weighted by atomic mass is 10.0. The molecule has 3 aromatic rings. The van der Waals surface area contributed by atoms with Crippen molar-refractivity contribution in [3.8, 4) is 0 Å². The van der Waals surface area contributed by atoms with Crippen LogP contribution >= 0.6 is 23.2 Å². The van der Waals surface area contributed by atoms with Gasteiger partial charge in [-0.25, -0.2) is 13.3 Å². The molecule has 4 rings (SSSR count). The number of para-hydroxylation sites is 1. The van der Waals surface area contributed by atoms with Crippen molar-refractivity contribution in [3.05, 3.63) is 87.9 Å². The average molecular weight is 474 g/mol. The first-order valence-electron chi connectivity index (χ1n) is 10.3. The molecule has 31 heavy (non-hydrogen) atoms. The van der Waals surface area contributed by atoms with Crippen molar-refractivity contribution < 1.29 is 4.21 Å². The zero-order valence-corrected chi connectivity index (χ0v) is 19.7. The Kier molecular flexibility index (Phi) is 6.87. The van der Waals surface area contributed by atoms with E-state index in [0.29, 0.717) is 16.5 Å². The maximum Gasteiger partial charge on any atom is 0.137 e. The van der Waals surface area contributed by atoms with Crippen LogP contribution in [-0.4, -0.2) is 24.3 Å². The molecule has 1 aliphatic heterocycles. The van der Waals surface area contributed by atoms with Gasteiger partial charge in [-0.05, 0) is 72.9 Å². The van der Waals surface area contributed by atoms with Gasteiger partial charge in [-0.3, -0.25) is 0 Å². The number of aryl methyl sites for hydroxylation is 2. The normalized spacial score (nSPS) is 14.9. The summed E-state index contributed by atoms with van der Waals surface area (Å²) in [5.41, 5.74) is 4.98. The minimum atomic E-state index is -2.68. The fourth-order valence-electron chi connectivity index (χ4n) is 3.95. The van der Waals surface area contributed by atoms with E-state index in [1.807, 2.05) is 12.1 Å². The van der Waals surface area contributed by atoms with E-state index in [1.54, 1.807) is 31.3 Å². The monoisotopic (exact) mass is 473 g/mol. The maximum absolute atomic E-state index is 13.3. The highest BCUT2D eigenvalue weighted by Crippen LogP contribution is 2.37. The fourth-order valence-corrected chi connectivity index (χ4v) is 5.67. The third kappa shape index (κ3) is 4.90. The molecule has 0 fully saturated rings. The van der Waals surface area contributed by atoms with Crippen molar-refractivity contribution in [3.63, 3.8) is 0 Å².